The zero-order chi connectivity index (χ0) is 14.0. The summed E-state index contributed by atoms with van der Waals surface area (Å²) in [5.74, 6) is -0.244. The Bertz CT molecular complexity index is 638. The Kier molecular flexibility index (Phi) is 4.32. The van der Waals surface area contributed by atoms with Crippen molar-refractivity contribution in [3.05, 3.63) is 23.8 Å². The van der Waals surface area contributed by atoms with E-state index in [1.54, 1.807) is 13.0 Å². The molecule has 0 unspecified atom stereocenters. The number of sulfonamides is 2. The van der Waals surface area contributed by atoms with E-state index in [1.807, 2.05) is 0 Å². The smallest absolute Gasteiger partial charge is 0.238 e. The minimum atomic E-state index is -3.79. The van der Waals surface area contributed by atoms with Crippen LogP contribution in [0.1, 0.15) is 5.56 Å². The number of benzene rings is 1. The summed E-state index contributed by atoms with van der Waals surface area (Å²) in [6, 6.07) is 4.54. The molecule has 1 aromatic rings. The molecule has 0 spiro atoms. The standard InChI is InChI=1S/C9H15N3O4S2/c1-7-8(12-5-6-17(10,13)14)3-2-4-9(7)18(11,15)16/h2-4,12H,5-6H2,1H3,(H2,10,13,14)(H2,11,15,16). The van der Waals surface area contributed by atoms with Gasteiger partial charge in [0, 0.05) is 12.2 Å². The molecule has 0 aliphatic heterocycles. The zero-order valence-corrected chi connectivity index (χ0v) is 11.4. The third-order valence-corrected chi connectivity index (χ3v) is 4.12. The van der Waals surface area contributed by atoms with Gasteiger partial charge in [0.1, 0.15) is 0 Å². The predicted molar refractivity (Wildman–Crippen MR) is 69.0 cm³/mol. The molecule has 0 heterocycles. The number of nitrogens with one attached hydrogen (secondary N) is 1. The molecule has 1 rings (SSSR count). The van der Waals surface area contributed by atoms with E-state index < -0.39 is 20.0 Å². The van der Waals surface area contributed by atoms with Gasteiger partial charge in [-0.2, -0.15) is 0 Å². The quantitative estimate of drug-likeness (QED) is 0.663. The second-order valence-electron chi connectivity index (χ2n) is 3.77. The van der Waals surface area contributed by atoms with Crippen LogP contribution in [0.5, 0.6) is 0 Å². The highest BCUT2D eigenvalue weighted by Crippen LogP contribution is 2.21. The third kappa shape index (κ3) is 4.26. The van der Waals surface area contributed by atoms with Crippen LogP contribution in [-0.2, 0) is 20.0 Å². The van der Waals surface area contributed by atoms with Gasteiger partial charge in [0.15, 0.2) is 0 Å². The second kappa shape index (κ2) is 5.22. The summed E-state index contributed by atoms with van der Waals surface area (Å²) < 4.78 is 44.1. The van der Waals surface area contributed by atoms with Gasteiger partial charge in [0.25, 0.3) is 0 Å². The molecule has 1 aromatic carbocycles. The molecule has 18 heavy (non-hydrogen) atoms. The summed E-state index contributed by atoms with van der Waals surface area (Å²) in [6.45, 7) is 1.67. The SMILES string of the molecule is Cc1c(NCCS(N)(=O)=O)cccc1S(N)(=O)=O. The van der Waals surface area contributed by atoms with Crippen molar-refractivity contribution in [3.63, 3.8) is 0 Å². The summed E-state index contributed by atoms with van der Waals surface area (Å²) >= 11 is 0. The van der Waals surface area contributed by atoms with Crippen LogP contribution in [0.2, 0.25) is 0 Å². The molecule has 0 amide bonds. The molecule has 7 nitrogen and oxygen atoms in total. The average Bonchev–Trinajstić information content (AvgIpc) is 2.17. The fraction of sp³-hybridized carbons (Fsp3) is 0.333. The molecule has 9 heteroatoms. The highest BCUT2D eigenvalue weighted by Gasteiger charge is 2.13. The van der Waals surface area contributed by atoms with E-state index in [9.17, 15) is 16.8 Å². The Morgan fingerprint density at radius 3 is 2.28 bits per heavy atom. The molecule has 0 radical (unpaired) electrons. The molecule has 0 fully saturated rings. The number of hydrogen-bond acceptors (Lipinski definition) is 5. The Morgan fingerprint density at radius 2 is 1.78 bits per heavy atom. The summed E-state index contributed by atoms with van der Waals surface area (Å²) in [7, 11) is -7.34. The molecule has 102 valence electrons. The van der Waals surface area contributed by atoms with Crippen LogP contribution < -0.4 is 15.6 Å². The van der Waals surface area contributed by atoms with Gasteiger partial charge in [-0.3, -0.25) is 0 Å². The van der Waals surface area contributed by atoms with Gasteiger partial charge in [0.2, 0.25) is 20.0 Å². The van der Waals surface area contributed by atoms with Gasteiger partial charge >= 0.3 is 0 Å². The molecule has 0 saturated carbocycles. The number of nitrogens with two attached hydrogens (primary N) is 2. The van der Waals surface area contributed by atoms with Gasteiger partial charge in [-0.15, -0.1) is 0 Å². The minimum Gasteiger partial charge on any atom is -0.384 e. The highest BCUT2D eigenvalue weighted by molar-refractivity contribution is 7.89. The van der Waals surface area contributed by atoms with Crippen molar-refractivity contribution in [1.29, 1.82) is 0 Å². The highest BCUT2D eigenvalue weighted by atomic mass is 32.2. The Morgan fingerprint density at radius 1 is 1.17 bits per heavy atom. The van der Waals surface area contributed by atoms with E-state index >= 15 is 0 Å². The van der Waals surface area contributed by atoms with Gasteiger partial charge < -0.3 is 5.32 Å². The van der Waals surface area contributed by atoms with Crippen LogP contribution in [0.25, 0.3) is 0 Å². The van der Waals surface area contributed by atoms with Crippen molar-refractivity contribution in [1.82, 2.24) is 0 Å². The summed E-state index contributed by atoms with van der Waals surface area (Å²) in [5, 5.41) is 12.7. The Labute approximate surface area is 106 Å². The lowest BCUT2D eigenvalue weighted by atomic mass is 10.2. The molecule has 0 aliphatic rings. The van der Waals surface area contributed by atoms with Crippen LogP contribution >= 0.6 is 0 Å². The normalized spacial score (nSPS) is 12.4. The van der Waals surface area contributed by atoms with E-state index in [0.29, 0.717) is 11.3 Å². The van der Waals surface area contributed by atoms with Crippen LogP contribution in [0.4, 0.5) is 5.69 Å². The first-order valence-electron chi connectivity index (χ1n) is 4.98. The molecule has 0 aromatic heterocycles. The van der Waals surface area contributed by atoms with Crippen LogP contribution in [0.3, 0.4) is 0 Å². The largest absolute Gasteiger partial charge is 0.384 e. The lowest BCUT2D eigenvalue weighted by Gasteiger charge is -2.11. The molecular weight excluding hydrogens is 278 g/mol. The number of primary sulfonamides is 2. The van der Waals surface area contributed by atoms with E-state index in [0.717, 1.165) is 0 Å². The number of hydrogen-bond donors (Lipinski definition) is 3. The molecule has 5 N–H and O–H groups in total. The first-order chi connectivity index (χ1) is 8.11. The lowest BCUT2D eigenvalue weighted by molar-refractivity contribution is 0.595. The predicted octanol–water partition coefficient (Wildman–Crippen LogP) is -0.657. The fourth-order valence-corrected chi connectivity index (χ4v) is 2.63. The van der Waals surface area contributed by atoms with Gasteiger partial charge in [-0.1, -0.05) is 6.07 Å². The maximum absolute atomic E-state index is 11.3. The number of anilines is 1. The van der Waals surface area contributed by atoms with Crippen molar-refractivity contribution < 1.29 is 16.8 Å². The van der Waals surface area contributed by atoms with E-state index in [4.69, 9.17) is 10.3 Å². The zero-order valence-electron chi connectivity index (χ0n) is 9.75. The summed E-state index contributed by atoms with van der Waals surface area (Å²) in [4.78, 5) is 0.00288. The number of rotatable bonds is 5. The molecule has 0 aliphatic carbocycles. The lowest BCUT2D eigenvalue weighted by Crippen LogP contribution is -2.23. The maximum Gasteiger partial charge on any atom is 0.238 e. The van der Waals surface area contributed by atoms with Gasteiger partial charge in [-0.05, 0) is 24.6 Å². The first kappa shape index (κ1) is 14.9. The van der Waals surface area contributed by atoms with Crippen molar-refractivity contribution in [2.75, 3.05) is 17.6 Å². The van der Waals surface area contributed by atoms with E-state index in [2.05, 4.69) is 5.32 Å². The molecular formula is C9H15N3O4S2. The van der Waals surface area contributed by atoms with E-state index in [-0.39, 0.29) is 17.2 Å². The van der Waals surface area contributed by atoms with Crippen LogP contribution in [0, 0.1) is 6.92 Å². The first-order valence-corrected chi connectivity index (χ1v) is 8.24. The van der Waals surface area contributed by atoms with Gasteiger partial charge in [0.05, 0.1) is 10.6 Å². The average molecular weight is 293 g/mol. The van der Waals surface area contributed by atoms with Gasteiger partial charge in [-0.25, -0.2) is 27.1 Å². The van der Waals surface area contributed by atoms with Crippen molar-refractivity contribution >= 4 is 25.7 Å². The Balaban J connectivity index is 2.92. The summed E-state index contributed by atoms with van der Waals surface area (Å²) in [5.41, 5.74) is 0.944. The van der Waals surface area contributed by atoms with Crippen molar-refractivity contribution in [2.45, 2.75) is 11.8 Å². The second-order valence-corrected chi connectivity index (χ2v) is 7.03. The monoisotopic (exact) mass is 293 g/mol. The molecule has 0 saturated heterocycles. The maximum atomic E-state index is 11.3. The molecule has 0 bridgehead atoms. The fourth-order valence-electron chi connectivity index (χ4n) is 1.44. The summed E-state index contributed by atoms with van der Waals surface area (Å²) in [6.07, 6.45) is 0. The minimum absolute atomic E-state index is 0.00288. The molecule has 0 atom stereocenters. The Hall–Kier alpha value is -1.16. The van der Waals surface area contributed by atoms with E-state index in [1.165, 1.54) is 12.1 Å². The van der Waals surface area contributed by atoms with Crippen LogP contribution in [-0.4, -0.2) is 29.1 Å². The van der Waals surface area contributed by atoms with Crippen molar-refractivity contribution in [3.8, 4) is 0 Å². The van der Waals surface area contributed by atoms with Crippen molar-refractivity contribution in [2.24, 2.45) is 10.3 Å². The third-order valence-electron chi connectivity index (χ3n) is 2.29. The topological polar surface area (TPSA) is 132 Å². The van der Waals surface area contributed by atoms with Crippen LogP contribution in [0.15, 0.2) is 23.1 Å².